The molecule has 1 aromatic carbocycles. The highest BCUT2D eigenvalue weighted by Crippen LogP contribution is 2.27. The van der Waals surface area contributed by atoms with Crippen LogP contribution in [0, 0.1) is 0 Å². The van der Waals surface area contributed by atoms with E-state index < -0.39 is 0 Å². The molecule has 1 atom stereocenters. The number of nitrogen functional groups attached to an aromatic ring is 1. The van der Waals surface area contributed by atoms with Crippen molar-refractivity contribution in [2.75, 3.05) is 31.2 Å². The molecule has 3 nitrogen and oxygen atoms in total. The first-order valence-electron chi connectivity index (χ1n) is 6.04. The van der Waals surface area contributed by atoms with Gasteiger partial charge in [0.25, 0.3) is 0 Å². The summed E-state index contributed by atoms with van der Waals surface area (Å²) in [6.45, 7) is 6.24. The molecule has 0 spiro atoms. The number of benzene rings is 1. The minimum absolute atomic E-state index is 0.598. The lowest BCUT2D eigenvalue weighted by molar-refractivity contribution is 0.261. The van der Waals surface area contributed by atoms with Crippen molar-refractivity contribution in [1.82, 2.24) is 4.90 Å². The number of para-hydroxylation sites is 1. The number of hydrogen-bond donors (Lipinski definition) is 2. The number of rotatable bonds is 6. The van der Waals surface area contributed by atoms with Crippen LogP contribution in [-0.4, -0.2) is 31.1 Å². The van der Waals surface area contributed by atoms with E-state index in [2.05, 4.69) is 31.1 Å². The number of nitrogens with zero attached hydrogens (tertiary/aromatic N) is 1. The van der Waals surface area contributed by atoms with E-state index in [9.17, 15) is 0 Å². The zero-order valence-corrected chi connectivity index (χ0v) is 11.6. The molecule has 0 aliphatic heterocycles. The van der Waals surface area contributed by atoms with Gasteiger partial charge in [-0.1, -0.05) is 24.6 Å². The Balaban J connectivity index is 2.46. The van der Waals surface area contributed by atoms with Crippen LogP contribution >= 0.6 is 11.6 Å². The molecule has 1 aromatic rings. The number of nitrogens with one attached hydrogen (secondary N) is 1. The Morgan fingerprint density at radius 2 is 2.18 bits per heavy atom. The summed E-state index contributed by atoms with van der Waals surface area (Å²) >= 11 is 6.08. The van der Waals surface area contributed by atoms with Crippen LogP contribution in [0.15, 0.2) is 18.2 Å². The molecule has 17 heavy (non-hydrogen) atoms. The molecule has 3 N–H and O–H groups in total. The van der Waals surface area contributed by atoms with Gasteiger partial charge >= 0.3 is 0 Å². The van der Waals surface area contributed by atoms with Crippen LogP contribution in [0.1, 0.15) is 20.3 Å². The summed E-state index contributed by atoms with van der Waals surface area (Å²) in [4.78, 5) is 2.32. The fourth-order valence-corrected chi connectivity index (χ4v) is 1.87. The Bertz CT molecular complexity index is 334. The van der Waals surface area contributed by atoms with E-state index in [1.54, 1.807) is 0 Å². The van der Waals surface area contributed by atoms with Crippen LogP contribution in [0.4, 0.5) is 11.4 Å². The third-order valence-corrected chi connectivity index (χ3v) is 3.47. The maximum absolute atomic E-state index is 6.08. The Morgan fingerprint density at radius 1 is 1.47 bits per heavy atom. The molecule has 1 unspecified atom stereocenters. The molecule has 0 heterocycles. The average molecular weight is 256 g/mol. The van der Waals surface area contributed by atoms with Crippen molar-refractivity contribution < 1.29 is 0 Å². The number of halogens is 1. The van der Waals surface area contributed by atoms with Gasteiger partial charge in [-0.2, -0.15) is 0 Å². The number of hydrogen-bond acceptors (Lipinski definition) is 3. The van der Waals surface area contributed by atoms with Gasteiger partial charge in [0.15, 0.2) is 0 Å². The van der Waals surface area contributed by atoms with Crippen LogP contribution in [0.3, 0.4) is 0 Å². The zero-order valence-electron chi connectivity index (χ0n) is 10.8. The Morgan fingerprint density at radius 3 is 2.76 bits per heavy atom. The molecule has 0 bridgehead atoms. The van der Waals surface area contributed by atoms with Crippen molar-refractivity contribution in [3.8, 4) is 0 Å². The van der Waals surface area contributed by atoms with Crippen LogP contribution < -0.4 is 11.1 Å². The largest absolute Gasteiger partial charge is 0.397 e. The highest BCUT2D eigenvalue weighted by atomic mass is 35.5. The summed E-state index contributed by atoms with van der Waals surface area (Å²) in [5.41, 5.74) is 7.40. The molecule has 0 aliphatic carbocycles. The van der Waals surface area contributed by atoms with Gasteiger partial charge in [0.1, 0.15) is 0 Å². The molecule has 1 rings (SSSR count). The van der Waals surface area contributed by atoms with Gasteiger partial charge in [-0.3, -0.25) is 0 Å². The van der Waals surface area contributed by atoms with Crippen LogP contribution in [-0.2, 0) is 0 Å². The van der Waals surface area contributed by atoms with Crippen molar-refractivity contribution in [1.29, 1.82) is 0 Å². The summed E-state index contributed by atoms with van der Waals surface area (Å²) in [6, 6.07) is 6.15. The second-order valence-electron chi connectivity index (χ2n) is 4.37. The normalized spacial score (nSPS) is 12.8. The summed E-state index contributed by atoms with van der Waals surface area (Å²) in [7, 11) is 2.13. The standard InChI is InChI=1S/C13H22ClN3/c1-4-10(2)17(3)9-8-16-13-11(14)6-5-7-12(13)15/h5-7,10,16H,4,8-9,15H2,1-3H3. The molecule has 0 saturated heterocycles. The SMILES string of the molecule is CCC(C)N(C)CCNc1c(N)cccc1Cl. The van der Waals surface area contributed by atoms with E-state index in [0.29, 0.717) is 16.8 Å². The summed E-state index contributed by atoms with van der Waals surface area (Å²) in [5.74, 6) is 0. The highest BCUT2D eigenvalue weighted by molar-refractivity contribution is 6.33. The van der Waals surface area contributed by atoms with Crippen molar-refractivity contribution in [2.45, 2.75) is 26.3 Å². The predicted octanol–water partition coefficient (Wildman–Crippen LogP) is 3.06. The first-order valence-corrected chi connectivity index (χ1v) is 6.42. The van der Waals surface area contributed by atoms with Gasteiger partial charge < -0.3 is 16.0 Å². The van der Waals surface area contributed by atoms with Gasteiger partial charge in [0, 0.05) is 19.1 Å². The topological polar surface area (TPSA) is 41.3 Å². The lowest BCUT2D eigenvalue weighted by Crippen LogP contribution is -2.32. The second-order valence-corrected chi connectivity index (χ2v) is 4.78. The van der Waals surface area contributed by atoms with Gasteiger partial charge in [0.05, 0.1) is 16.4 Å². The summed E-state index contributed by atoms with van der Waals surface area (Å²) in [6.07, 6.45) is 1.16. The lowest BCUT2D eigenvalue weighted by Gasteiger charge is -2.24. The smallest absolute Gasteiger partial charge is 0.0763 e. The summed E-state index contributed by atoms with van der Waals surface area (Å²) in [5, 5.41) is 3.97. The first kappa shape index (κ1) is 14.1. The number of likely N-dealkylation sites (N-methyl/N-ethyl adjacent to an activating group) is 1. The van der Waals surface area contributed by atoms with E-state index in [0.717, 1.165) is 25.2 Å². The molecule has 4 heteroatoms. The maximum Gasteiger partial charge on any atom is 0.0763 e. The van der Waals surface area contributed by atoms with Gasteiger partial charge in [-0.25, -0.2) is 0 Å². The van der Waals surface area contributed by atoms with Crippen LogP contribution in [0.5, 0.6) is 0 Å². The first-order chi connectivity index (χ1) is 8.06. The molecular weight excluding hydrogens is 234 g/mol. The third-order valence-electron chi connectivity index (χ3n) is 3.16. The van der Waals surface area contributed by atoms with Gasteiger partial charge in [-0.15, -0.1) is 0 Å². The van der Waals surface area contributed by atoms with Crippen molar-refractivity contribution in [2.24, 2.45) is 0 Å². The molecule has 0 amide bonds. The zero-order chi connectivity index (χ0) is 12.8. The number of anilines is 2. The maximum atomic E-state index is 6.08. The second kappa shape index (κ2) is 6.72. The monoisotopic (exact) mass is 255 g/mol. The molecule has 0 saturated carbocycles. The fourth-order valence-electron chi connectivity index (χ4n) is 1.62. The predicted molar refractivity (Wildman–Crippen MR) is 76.7 cm³/mol. The molecule has 0 radical (unpaired) electrons. The fraction of sp³-hybridized carbons (Fsp3) is 0.538. The van der Waals surface area contributed by atoms with E-state index in [1.807, 2.05) is 18.2 Å². The van der Waals surface area contributed by atoms with Crippen LogP contribution in [0.2, 0.25) is 5.02 Å². The summed E-state index contributed by atoms with van der Waals surface area (Å²) < 4.78 is 0. The molecular formula is C13H22ClN3. The van der Waals surface area contributed by atoms with Crippen LogP contribution in [0.25, 0.3) is 0 Å². The quantitative estimate of drug-likeness (QED) is 0.768. The van der Waals surface area contributed by atoms with Gasteiger partial charge in [0.2, 0.25) is 0 Å². The van der Waals surface area contributed by atoms with E-state index in [1.165, 1.54) is 0 Å². The molecule has 0 aromatic heterocycles. The Labute approximate surface area is 109 Å². The van der Waals surface area contributed by atoms with E-state index in [4.69, 9.17) is 17.3 Å². The molecule has 96 valence electrons. The van der Waals surface area contributed by atoms with Crippen molar-refractivity contribution in [3.05, 3.63) is 23.2 Å². The van der Waals surface area contributed by atoms with Crippen molar-refractivity contribution in [3.63, 3.8) is 0 Å². The van der Waals surface area contributed by atoms with Crippen molar-refractivity contribution >= 4 is 23.0 Å². The lowest BCUT2D eigenvalue weighted by atomic mass is 10.2. The average Bonchev–Trinajstić information content (AvgIpc) is 2.31. The third kappa shape index (κ3) is 4.10. The Kier molecular flexibility index (Phi) is 5.59. The minimum atomic E-state index is 0.598. The highest BCUT2D eigenvalue weighted by Gasteiger charge is 2.07. The van der Waals surface area contributed by atoms with Gasteiger partial charge in [-0.05, 0) is 32.5 Å². The Hall–Kier alpha value is -0.930. The molecule has 0 aliphatic rings. The minimum Gasteiger partial charge on any atom is -0.397 e. The molecule has 0 fully saturated rings. The van der Waals surface area contributed by atoms with E-state index >= 15 is 0 Å². The number of nitrogens with two attached hydrogens (primary N) is 1. The van der Waals surface area contributed by atoms with E-state index in [-0.39, 0.29) is 0 Å².